The van der Waals surface area contributed by atoms with Crippen molar-refractivity contribution >= 4 is 5.78 Å². The van der Waals surface area contributed by atoms with Crippen LogP contribution >= 0.6 is 0 Å². The van der Waals surface area contributed by atoms with Crippen molar-refractivity contribution in [2.24, 2.45) is 0 Å². The van der Waals surface area contributed by atoms with Gasteiger partial charge in [-0.05, 0) is 63.0 Å². The Hall–Kier alpha value is -1.72. The van der Waals surface area contributed by atoms with E-state index in [4.69, 9.17) is 5.11 Å². The van der Waals surface area contributed by atoms with Gasteiger partial charge in [-0.25, -0.2) is 4.39 Å². The Bertz CT molecular complexity index is 537. The van der Waals surface area contributed by atoms with E-state index in [1.807, 2.05) is 0 Å². The summed E-state index contributed by atoms with van der Waals surface area (Å²) in [7, 11) is 0. The number of halogens is 1. The third kappa shape index (κ3) is 6.42. The van der Waals surface area contributed by atoms with Crippen LogP contribution in [0.15, 0.2) is 36.0 Å². The fourth-order valence-electron chi connectivity index (χ4n) is 2.89. The average Bonchev–Trinajstić information content (AvgIpc) is 2.61. The van der Waals surface area contributed by atoms with E-state index in [0.29, 0.717) is 18.4 Å². The molecule has 0 radical (unpaired) electrons. The first-order chi connectivity index (χ1) is 11.7. The Morgan fingerprint density at radius 2 is 1.92 bits per heavy atom. The topological polar surface area (TPSA) is 52.6 Å². The molecular formula is C19H27FN2O2. The van der Waals surface area contributed by atoms with Gasteiger partial charge in [0.15, 0.2) is 5.78 Å². The molecule has 0 spiro atoms. The molecule has 1 aliphatic heterocycles. The second-order valence-electron chi connectivity index (χ2n) is 6.20. The Morgan fingerprint density at radius 1 is 1.21 bits per heavy atom. The van der Waals surface area contributed by atoms with Crippen LogP contribution in [0.4, 0.5) is 4.39 Å². The zero-order chi connectivity index (χ0) is 17.2. The van der Waals surface area contributed by atoms with Crippen LogP contribution in [0, 0.1) is 5.82 Å². The standard InChI is InChI=1S/C19H27FN2O2/c20-17-8-6-16(7-9-17)19(24)15-18(5-4-14-23)21-10-13-22-11-2-1-3-12-22/h6-9,15,21,23H,1-5,10-14H2/b18-15+. The minimum Gasteiger partial charge on any atom is -0.396 e. The van der Waals surface area contributed by atoms with Crippen molar-refractivity contribution in [3.05, 3.63) is 47.4 Å². The van der Waals surface area contributed by atoms with E-state index in [0.717, 1.165) is 31.9 Å². The zero-order valence-electron chi connectivity index (χ0n) is 14.1. The molecule has 0 aliphatic carbocycles. The van der Waals surface area contributed by atoms with Crippen molar-refractivity contribution in [1.29, 1.82) is 0 Å². The summed E-state index contributed by atoms with van der Waals surface area (Å²) in [6, 6.07) is 5.56. The largest absolute Gasteiger partial charge is 0.396 e. The number of aliphatic hydroxyl groups is 1. The molecule has 1 aromatic carbocycles. The van der Waals surface area contributed by atoms with Crippen molar-refractivity contribution in [3.63, 3.8) is 0 Å². The highest BCUT2D eigenvalue weighted by Gasteiger charge is 2.10. The van der Waals surface area contributed by atoms with Crippen LogP contribution in [0.5, 0.6) is 0 Å². The molecule has 0 aromatic heterocycles. The molecule has 1 aliphatic rings. The summed E-state index contributed by atoms with van der Waals surface area (Å²) in [5.41, 5.74) is 1.30. The van der Waals surface area contributed by atoms with E-state index in [-0.39, 0.29) is 18.2 Å². The number of carbonyl (C=O) groups is 1. The van der Waals surface area contributed by atoms with Gasteiger partial charge in [-0.1, -0.05) is 6.42 Å². The van der Waals surface area contributed by atoms with Crippen molar-refractivity contribution in [2.45, 2.75) is 32.1 Å². The summed E-state index contributed by atoms with van der Waals surface area (Å²) in [5, 5.41) is 12.4. The monoisotopic (exact) mass is 334 g/mol. The second kappa shape index (κ2) is 10.2. The van der Waals surface area contributed by atoms with Gasteiger partial charge < -0.3 is 15.3 Å². The van der Waals surface area contributed by atoms with Crippen molar-refractivity contribution in [1.82, 2.24) is 10.2 Å². The molecule has 1 saturated heterocycles. The van der Waals surface area contributed by atoms with E-state index in [9.17, 15) is 9.18 Å². The number of nitrogens with one attached hydrogen (secondary N) is 1. The van der Waals surface area contributed by atoms with Crippen LogP contribution in [0.2, 0.25) is 0 Å². The van der Waals surface area contributed by atoms with Crippen LogP contribution in [0.3, 0.4) is 0 Å². The first kappa shape index (κ1) is 18.6. The van der Waals surface area contributed by atoms with E-state index in [1.54, 1.807) is 6.08 Å². The van der Waals surface area contributed by atoms with Gasteiger partial charge in [0.1, 0.15) is 5.82 Å². The number of aliphatic hydroxyl groups excluding tert-OH is 1. The molecule has 24 heavy (non-hydrogen) atoms. The van der Waals surface area contributed by atoms with Gasteiger partial charge in [0.2, 0.25) is 0 Å². The molecule has 2 N–H and O–H groups in total. The first-order valence-electron chi connectivity index (χ1n) is 8.76. The fourth-order valence-corrected chi connectivity index (χ4v) is 2.89. The highest BCUT2D eigenvalue weighted by atomic mass is 19.1. The fraction of sp³-hybridized carbons (Fsp3) is 0.526. The number of hydrogen-bond donors (Lipinski definition) is 2. The van der Waals surface area contributed by atoms with Crippen LogP contribution in [0.25, 0.3) is 0 Å². The summed E-state index contributed by atoms with van der Waals surface area (Å²) in [6.45, 7) is 4.13. The number of benzene rings is 1. The van der Waals surface area contributed by atoms with Crippen molar-refractivity contribution in [2.75, 3.05) is 32.8 Å². The normalized spacial score (nSPS) is 16.2. The molecule has 2 rings (SSSR count). The van der Waals surface area contributed by atoms with Crippen LogP contribution < -0.4 is 5.32 Å². The molecule has 0 amide bonds. The number of allylic oxidation sites excluding steroid dienone is 2. The van der Waals surface area contributed by atoms with Gasteiger partial charge >= 0.3 is 0 Å². The van der Waals surface area contributed by atoms with E-state index >= 15 is 0 Å². The average molecular weight is 334 g/mol. The predicted octanol–water partition coefficient (Wildman–Crippen LogP) is 2.74. The van der Waals surface area contributed by atoms with E-state index in [2.05, 4.69) is 10.2 Å². The SMILES string of the molecule is O=C(/C=C(\CCCO)NCCN1CCCCC1)c1ccc(F)cc1. The molecule has 0 unspecified atom stereocenters. The van der Waals surface area contributed by atoms with Gasteiger partial charge in [-0.2, -0.15) is 0 Å². The lowest BCUT2D eigenvalue weighted by Gasteiger charge is -2.26. The maximum atomic E-state index is 13.0. The third-order valence-electron chi connectivity index (χ3n) is 4.27. The second-order valence-corrected chi connectivity index (χ2v) is 6.20. The predicted molar refractivity (Wildman–Crippen MR) is 93.4 cm³/mol. The minimum atomic E-state index is -0.351. The summed E-state index contributed by atoms with van der Waals surface area (Å²) < 4.78 is 13.0. The number of rotatable bonds is 9. The molecule has 1 aromatic rings. The van der Waals surface area contributed by atoms with Gasteiger partial charge in [-0.15, -0.1) is 0 Å². The molecule has 5 heteroatoms. The van der Waals surface area contributed by atoms with Crippen molar-refractivity contribution in [3.8, 4) is 0 Å². The lowest BCUT2D eigenvalue weighted by Crippen LogP contribution is -2.35. The molecule has 4 nitrogen and oxygen atoms in total. The molecule has 1 heterocycles. The maximum Gasteiger partial charge on any atom is 0.187 e. The van der Waals surface area contributed by atoms with Crippen LogP contribution in [0.1, 0.15) is 42.5 Å². The number of likely N-dealkylation sites (tertiary alicyclic amines) is 1. The zero-order valence-corrected chi connectivity index (χ0v) is 14.1. The van der Waals surface area contributed by atoms with Gasteiger partial charge in [0.05, 0.1) is 0 Å². The van der Waals surface area contributed by atoms with Gasteiger partial charge in [0, 0.05) is 37.0 Å². The molecule has 1 fully saturated rings. The third-order valence-corrected chi connectivity index (χ3v) is 4.27. The molecule has 0 atom stereocenters. The van der Waals surface area contributed by atoms with Crippen LogP contribution in [-0.2, 0) is 0 Å². The maximum absolute atomic E-state index is 13.0. The van der Waals surface area contributed by atoms with Gasteiger partial charge in [-0.3, -0.25) is 4.79 Å². The Morgan fingerprint density at radius 3 is 2.58 bits per heavy atom. The summed E-state index contributed by atoms with van der Waals surface area (Å²) in [5.74, 6) is -0.496. The highest BCUT2D eigenvalue weighted by Crippen LogP contribution is 2.10. The minimum absolute atomic E-state index is 0.0931. The van der Waals surface area contributed by atoms with Crippen molar-refractivity contribution < 1.29 is 14.3 Å². The molecular weight excluding hydrogens is 307 g/mol. The van der Waals surface area contributed by atoms with E-state index < -0.39 is 0 Å². The number of carbonyl (C=O) groups excluding carboxylic acids is 1. The number of ketones is 1. The Kier molecular flexibility index (Phi) is 7.92. The summed E-state index contributed by atoms with van der Waals surface area (Å²) in [6.07, 6.45) is 6.64. The number of nitrogens with zero attached hydrogens (tertiary/aromatic N) is 1. The van der Waals surface area contributed by atoms with E-state index in [1.165, 1.54) is 43.5 Å². The summed E-state index contributed by atoms with van der Waals surface area (Å²) in [4.78, 5) is 14.7. The molecule has 0 bridgehead atoms. The summed E-state index contributed by atoms with van der Waals surface area (Å²) >= 11 is 0. The highest BCUT2D eigenvalue weighted by molar-refractivity contribution is 6.04. The molecule has 0 saturated carbocycles. The lowest BCUT2D eigenvalue weighted by atomic mass is 10.1. The quantitative estimate of drug-likeness (QED) is 0.539. The molecule has 132 valence electrons. The Labute approximate surface area is 143 Å². The van der Waals surface area contributed by atoms with Crippen LogP contribution in [-0.4, -0.2) is 48.6 Å². The van der Waals surface area contributed by atoms with Gasteiger partial charge in [0.25, 0.3) is 0 Å². The number of hydrogen-bond acceptors (Lipinski definition) is 4. The Balaban J connectivity index is 1.90. The smallest absolute Gasteiger partial charge is 0.187 e. The number of piperidine rings is 1. The first-order valence-corrected chi connectivity index (χ1v) is 8.76. The lowest BCUT2D eigenvalue weighted by molar-refractivity contribution is 0.104.